The van der Waals surface area contributed by atoms with Gasteiger partial charge in [-0.05, 0) is 49.1 Å². The smallest absolute Gasteiger partial charge is 0.326 e. The van der Waals surface area contributed by atoms with Gasteiger partial charge < -0.3 is 15.4 Å². The predicted molar refractivity (Wildman–Crippen MR) is 115 cm³/mol. The van der Waals surface area contributed by atoms with E-state index >= 15 is 0 Å². The minimum Gasteiger partial charge on any atom is -0.493 e. The Hall–Kier alpha value is -3.66. The van der Waals surface area contributed by atoms with E-state index in [2.05, 4.69) is 35.3 Å². The van der Waals surface area contributed by atoms with Gasteiger partial charge in [-0.15, -0.1) is 0 Å². The Kier molecular flexibility index (Phi) is 4.70. The summed E-state index contributed by atoms with van der Waals surface area (Å²) in [6, 6.07) is 5.95. The zero-order valence-electron chi connectivity index (χ0n) is 16.6. The van der Waals surface area contributed by atoms with E-state index in [1.807, 2.05) is 25.1 Å². The van der Waals surface area contributed by atoms with Crippen molar-refractivity contribution >= 4 is 29.3 Å². The summed E-state index contributed by atoms with van der Waals surface area (Å²) in [6.07, 6.45) is 5.23. The number of rotatable bonds is 5. The van der Waals surface area contributed by atoms with Gasteiger partial charge in [0.15, 0.2) is 5.65 Å². The standard InChI is InChI=1S/C20H19ClN8O2/c1-10-6-13(21)3-2-11(10)8-22-18-26-16-12(7-15-17(30)27-20(31)25-15)9-23-29(16)19(28-18)24-14-4-5-14/h2-3,6-7,9,14,30H,4-5,8H2,1H3,(H,22,24,28)(H2,25,27,31). The molecule has 11 heteroatoms. The maximum Gasteiger partial charge on any atom is 0.326 e. The van der Waals surface area contributed by atoms with Crippen LogP contribution in [0.2, 0.25) is 5.02 Å². The van der Waals surface area contributed by atoms with Crippen LogP contribution < -0.4 is 21.8 Å². The van der Waals surface area contributed by atoms with Crippen molar-refractivity contribution in [1.82, 2.24) is 29.5 Å². The molecule has 3 aromatic heterocycles. The third-order valence-electron chi connectivity index (χ3n) is 5.00. The van der Waals surface area contributed by atoms with Crippen molar-refractivity contribution in [3.63, 3.8) is 0 Å². The van der Waals surface area contributed by atoms with Gasteiger partial charge in [0.25, 0.3) is 5.62 Å². The molecule has 0 bridgehead atoms. The molecule has 10 nitrogen and oxygen atoms in total. The molecule has 5 rings (SSSR count). The number of hydrogen-bond acceptors (Lipinski definition) is 7. The molecule has 1 aromatic carbocycles. The third kappa shape index (κ3) is 4.02. The number of aromatic hydroxyl groups is 1. The fourth-order valence-electron chi connectivity index (χ4n) is 3.19. The van der Waals surface area contributed by atoms with Crippen LogP contribution in [0.25, 0.3) is 11.7 Å². The fraction of sp³-hybridized carbons (Fsp3) is 0.250. The summed E-state index contributed by atoms with van der Waals surface area (Å²) in [5.41, 5.74) is 2.84. The Bertz CT molecular complexity index is 1460. The summed E-state index contributed by atoms with van der Waals surface area (Å²) in [5.74, 6) is 0.154. The minimum absolute atomic E-state index is 0.241. The number of aryl methyl sites for hydroxylation is 1. The molecule has 158 valence electrons. The van der Waals surface area contributed by atoms with E-state index in [9.17, 15) is 9.90 Å². The highest BCUT2D eigenvalue weighted by Crippen LogP contribution is 2.22. The van der Waals surface area contributed by atoms with E-state index in [-0.39, 0.29) is 17.6 Å². The average molecular weight is 439 g/mol. The van der Waals surface area contributed by atoms with Crippen LogP contribution in [0.1, 0.15) is 29.7 Å². The number of hydrogen-bond donors (Lipinski definition) is 4. The second-order valence-corrected chi connectivity index (χ2v) is 7.89. The molecule has 0 unspecified atom stereocenters. The summed E-state index contributed by atoms with van der Waals surface area (Å²) >= 11 is 6.05. The molecule has 31 heavy (non-hydrogen) atoms. The monoisotopic (exact) mass is 438 g/mol. The van der Waals surface area contributed by atoms with Gasteiger partial charge in [0.05, 0.1) is 12.2 Å². The lowest BCUT2D eigenvalue weighted by atomic mass is 10.1. The number of fused-ring (bicyclic) bond motifs is 1. The van der Waals surface area contributed by atoms with Crippen LogP contribution in [-0.4, -0.2) is 40.7 Å². The molecule has 0 spiro atoms. The first-order valence-electron chi connectivity index (χ1n) is 9.78. The molecule has 1 aliphatic carbocycles. The molecular weight excluding hydrogens is 420 g/mol. The van der Waals surface area contributed by atoms with E-state index in [0.29, 0.717) is 34.0 Å². The van der Waals surface area contributed by atoms with Gasteiger partial charge in [-0.3, -0.25) is 4.98 Å². The van der Waals surface area contributed by atoms with Crippen LogP contribution >= 0.6 is 11.6 Å². The van der Waals surface area contributed by atoms with E-state index < -0.39 is 5.69 Å². The molecule has 0 aliphatic heterocycles. The molecule has 0 radical (unpaired) electrons. The van der Waals surface area contributed by atoms with Crippen molar-refractivity contribution in [2.45, 2.75) is 32.4 Å². The van der Waals surface area contributed by atoms with E-state index in [0.717, 1.165) is 24.0 Å². The molecular formula is C20H19ClN8O2. The predicted octanol–water partition coefficient (Wildman–Crippen LogP) is 1.03. The Balaban J connectivity index is 1.58. The zero-order valence-corrected chi connectivity index (χ0v) is 17.3. The number of H-pyrrole nitrogens is 2. The quantitative estimate of drug-likeness (QED) is 0.367. The van der Waals surface area contributed by atoms with Gasteiger partial charge in [-0.1, -0.05) is 17.7 Å². The van der Waals surface area contributed by atoms with Gasteiger partial charge in [0, 0.05) is 16.8 Å². The van der Waals surface area contributed by atoms with Crippen LogP contribution in [0.5, 0.6) is 5.88 Å². The highest BCUT2D eigenvalue weighted by molar-refractivity contribution is 6.30. The van der Waals surface area contributed by atoms with Crippen molar-refractivity contribution in [1.29, 1.82) is 0 Å². The SMILES string of the molecule is Cc1cc(Cl)ccc1CNc1nc(=NC2CC2)n2ncc(=Cc3[nH]c(=O)[nH]c3O)c2n1. The Morgan fingerprint density at radius 1 is 1.35 bits per heavy atom. The second kappa shape index (κ2) is 7.55. The molecule has 1 saturated carbocycles. The number of imidazole rings is 1. The number of anilines is 1. The Morgan fingerprint density at radius 2 is 2.19 bits per heavy atom. The molecule has 0 atom stereocenters. The van der Waals surface area contributed by atoms with Crippen molar-refractivity contribution in [3.8, 4) is 5.88 Å². The second-order valence-electron chi connectivity index (χ2n) is 7.45. The summed E-state index contributed by atoms with van der Waals surface area (Å²) < 4.78 is 1.56. The minimum atomic E-state index is -0.500. The first-order valence-corrected chi connectivity index (χ1v) is 10.2. The molecule has 1 aliphatic rings. The van der Waals surface area contributed by atoms with Crippen molar-refractivity contribution < 1.29 is 5.11 Å². The molecule has 0 saturated heterocycles. The van der Waals surface area contributed by atoms with Crippen LogP contribution in [0, 0.1) is 6.92 Å². The largest absolute Gasteiger partial charge is 0.493 e. The highest BCUT2D eigenvalue weighted by Gasteiger charge is 2.21. The maximum absolute atomic E-state index is 11.4. The first kappa shape index (κ1) is 19.3. The van der Waals surface area contributed by atoms with Crippen molar-refractivity contribution in [3.05, 3.63) is 67.6 Å². The molecule has 0 amide bonds. The summed E-state index contributed by atoms with van der Waals surface area (Å²) in [5, 5.41) is 18.8. The topological polar surface area (TPSA) is 136 Å². The lowest BCUT2D eigenvalue weighted by molar-refractivity contribution is 0.454. The number of halogens is 1. The average Bonchev–Trinajstić information content (AvgIpc) is 3.36. The zero-order chi connectivity index (χ0) is 21.5. The van der Waals surface area contributed by atoms with Crippen molar-refractivity contribution in [2.75, 3.05) is 5.32 Å². The van der Waals surface area contributed by atoms with Crippen LogP contribution in [0.3, 0.4) is 0 Å². The van der Waals surface area contributed by atoms with Gasteiger partial charge >= 0.3 is 5.69 Å². The fourth-order valence-corrected chi connectivity index (χ4v) is 3.42. The van der Waals surface area contributed by atoms with Crippen LogP contribution in [0.15, 0.2) is 34.2 Å². The Labute approximate surface area is 180 Å². The number of nitrogens with zero attached hydrogens (tertiary/aromatic N) is 5. The normalized spacial score (nSPS) is 15.2. The van der Waals surface area contributed by atoms with Crippen molar-refractivity contribution in [2.24, 2.45) is 4.99 Å². The highest BCUT2D eigenvalue weighted by atomic mass is 35.5. The molecule has 1 fully saturated rings. The van der Waals surface area contributed by atoms with Crippen LogP contribution in [-0.2, 0) is 6.54 Å². The van der Waals surface area contributed by atoms with E-state index in [1.54, 1.807) is 16.8 Å². The number of benzene rings is 1. The Morgan fingerprint density at radius 3 is 2.90 bits per heavy atom. The van der Waals surface area contributed by atoms with E-state index in [4.69, 9.17) is 11.6 Å². The summed E-state index contributed by atoms with van der Waals surface area (Å²) in [6.45, 7) is 2.51. The molecule has 4 aromatic rings. The first-order chi connectivity index (χ1) is 15.0. The van der Waals surface area contributed by atoms with Gasteiger partial charge in [-0.25, -0.2) is 9.79 Å². The van der Waals surface area contributed by atoms with E-state index in [1.165, 1.54) is 0 Å². The number of nitrogens with one attached hydrogen (secondary N) is 3. The maximum atomic E-state index is 11.4. The van der Waals surface area contributed by atoms with Gasteiger partial charge in [-0.2, -0.15) is 19.6 Å². The molecule has 3 heterocycles. The third-order valence-corrected chi connectivity index (χ3v) is 5.23. The molecule has 4 N–H and O–H groups in total. The summed E-state index contributed by atoms with van der Waals surface area (Å²) in [4.78, 5) is 30.0. The summed E-state index contributed by atoms with van der Waals surface area (Å²) in [7, 11) is 0. The van der Waals surface area contributed by atoms with Gasteiger partial charge in [0.2, 0.25) is 11.8 Å². The lowest BCUT2D eigenvalue weighted by Crippen LogP contribution is -2.24. The van der Waals surface area contributed by atoms with Crippen LogP contribution in [0.4, 0.5) is 5.95 Å². The number of aromatic nitrogens is 6. The number of aromatic amines is 2. The van der Waals surface area contributed by atoms with Gasteiger partial charge in [0.1, 0.15) is 5.69 Å². The lowest BCUT2D eigenvalue weighted by Gasteiger charge is -2.08.